The van der Waals surface area contributed by atoms with Crippen molar-refractivity contribution in [1.29, 1.82) is 0 Å². The van der Waals surface area contributed by atoms with Gasteiger partial charge in [0.2, 0.25) is 12.3 Å². The normalized spacial score (nSPS) is 18.9. The van der Waals surface area contributed by atoms with Crippen LogP contribution in [0.25, 0.3) is 17.8 Å². The van der Waals surface area contributed by atoms with Crippen molar-refractivity contribution in [3.8, 4) is 0 Å². The zero-order valence-corrected chi connectivity index (χ0v) is 12.7. The molecule has 0 aromatic carbocycles. The van der Waals surface area contributed by atoms with E-state index in [1.807, 2.05) is 0 Å². The van der Waals surface area contributed by atoms with Crippen LogP contribution in [0.1, 0.15) is 18.1 Å². The summed E-state index contributed by atoms with van der Waals surface area (Å²) < 4.78 is 83.6. The van der Waals surface area contributed by atoms with Gasteiger partial charge in [0.05, 0.1) is 11.5 Å². The number of alkyl halides is 6. The Morgan fingerprint density at radius 3 is 2.58 bits per heavy atom. The van der Waals surface area contributed by atoms with E-state index < -0.39 is 30.3 Å². The molecular weight excluding hydrogens is 368 g/mol. The Morgan fingerprint density at radius 1 is 1.19 bits per heavy atom. The minimum absolute atomic E-state index is 0.137. The topological polar surface area (TPSA) is 69.6 Å². The zero-order chi connectivity index (χ0) is 18.9. The van der Waals surface area contributed by atoms with E-state index >= 15 is 0 Å². The number of aromatic nitrogens is 5. The molecule has 138 valence electrons. The maximum atomic E-state index is 13.0. The standard InChI is InChI=1S/C14H9F6N5O/c15-13(16,17)9-3-8(4-10(5-9)14(18,19)20)12-21-6-25(24-12)2-1-11-23-22-7-26-11/h1-3,5-7,10H,4H2/b2-1-. The van der Waals surface area contributed by atoms with Crippen molar-refractivity contribution in [1.82, 2.24) is 25.0 Å². The molecule has 2 aromatic rings. The van der Waals surface area contributed by atoms with E-state index in [2.05, 4.69) is 20.3 Å². The van der Waals surface area contributed by atoms with Gasteiger partial charge in [0.25, 0.3) is 0 Å². The summed E-state index contributed by atoms with van der Waals surface area (Å²) in [7, 11) is 0. The van der Waals surface area contributed by atoms with Crippen LogP contribution < -0.4 is 0 Å². The minimum atomic E-state index is -4.91. The van der Waals surface area contributed by atoms with E-state index in [0.29, 0.717) is 6.08 Å². The van der Waals surface area contributed by atoms with E-state index in [1.54, 1.807) is 0 Å². The van der Waals surface area contributed by atoms with Crippen LogP contribution in [0.3, 0.4) is 0 Å². The molecule has 0 bridgehead atoms. The molecule has 0 saturated heterocycles. The molecule has 0 N–H and O–H groups in total. The van der Waals surface area contributed by atoms with E-state index in [-0.39, 0.29) is 23.4 Å². The molecule has 12 heteroatoms. The third-order valence-electron chi connectivity index (χ3n) is 3.44. The first-order valence-corrected chi connectivity index (χ1v) is 7.05. The first-order chi connectivity index (χ1) is 12.1. The lowest BCUT2D eigenvalue weighted by atomic mass is 9.89. The largest absolute Gasteiger partial charge is 0.424 e. The number of rotatable bonds is 3. The SMILES string of the molecule is FC(F)(F)C1=CC(C(F)(F)F)CC(c2ncn(/C=C\c3nnco3)n2)=C1. The predicted molar refractivity (Wildman–Crippen MR) is 75.8 cm³/mol. The third-order valence-corrected chi connectivity index (χ3v) is 3.44. The molecule has 0 fully saturated rings. The highest BCUT2D eigenvalue weighted by molar-refractivity contribution is 5.66. The van der Waals surface area contributed by atoms with Crippen molar-refractivity contribution in [2.24, 2.45) is 5.92 Å². The lowest BCUT2D eigenvalue weighted by molar-refractivity contribution is -0.161. The molecule has 0 saturated carbocycles. The van der Waals surface area contributed by atoms with Crippen molar-refractivity contribution < 1.29 is 30.8 Å². The summed E-state index contributed by atoms with van der Waals surface area (Å²) in [6, 6.07) is 0. The van der Waals surface area contributed by atoms with E-state index in [1.165, 1.54) is 12.3 Å². The highest BCUT2D eigenvalue weighted by Crippen LogP contribution is 2.42. The van der Waals surface area contributed by atoms with Gasteiger partial charge >= 0.3 is 12.4 Å². The van der Waals surface area contributed by atoms with E-state index in [9.17, 15) is 26.3 Å². The minimum Gasteiger partial charge on any atom is -0.424 e. The fraction of sp³-hybridized carbons (Fsp3) is 0.286. The molecular formula is C14H9F6N5O. The maximum Gasteiger partial charge on any atom is 0.416 e. The van der Waals surface area contributed by atoms with Gasteiger partial charge in [0.1, 0.15) is 6.33 Å². The highest BCUT2D eigenvalue weighted by Gasteiger charge is 2.44. The number of nitrogens with zero attached hydrogens (tertiary/aromatic N) is 5. The second-order valence-corrected chi connectivity index (χ2v) is 5.28. The van der Waals surface area contributed by atoms with Gasteiger partial charge in [-0.3, -0.25) is 0 Å². The summed E-state index contributed by atoms with van der Waals surface area (Å²) in [5.74, 6) is -2.36. The fourth-order valence-corrected chi connectivity index (χ4v) is 2.24. The van der Waals surface area contributed by atoms with Crippen LogP contribution >= 0.6 is 0 Å². The third kappa shape index (κ3) is 4.00. The summed E-state index contributed by atoms with van der Waals surface area (Å²) in [6.45, 7) is 0. The Morgan fingerprint density at radius 2 is 1.96 bits per heavy atom. The Hall–Kier alpha value is -2.92. The molecule has 3 rings (SSSR count). The van der Waals surface area contributed by atoms with Crippen molar-refractivity contribution in [3.63, 3.8) is 0 Å². The molecule has 0 amide bonds. The average molecular weight is 377 g/mol. The number of halogens is 6. The Bertz CT molecular complexity index is 859. The molecule has 0 radical (unpaired) electrons. The van der Waals surface area contributed by atoms with Crippen LogP contribution in [-0.2, 0) is 0 Å². The van der Waals surface area contributed by atoms with Crippen LogP contribution in [0.15, 0.2) is 34.9 Å². The summed E-state index contributed by atoms with van der Waals surface area (Å²) >= 11 is 0. The maximum absolute atomic E-state index is 13.0. The molecule has 1 unspecified atom stereocenters. The Kier molecular flexibility index (Phi) is 4.42. The van der Waals surface area contributed by atoms with Crippen molar-refractivity contribution >= 4 is 17.8 Å². The molecule has 1 aliphatic rings. The fourth-order valence-electron chi connectivity index (χ4n) is 2.24. The zero-order valence-electron chi connectivity index (χ0n) is 12.7. The Labute approximate surface area is 141 Å². The number of allylic oxidation sites excluding steroid dienone is 4. The van der Waals surface area contributed by atoms with Crippen LogP contribution in [0.2, 0.25) is 0 Å². The predicted octanol–water partition coefficient (Wildman–Crippen LogP) is 3.74. The molecule has 0 aliphatic heterocycles. The van der Waals surface area contributed by atoms with E-state index in [4.69, 9.17) is 4.42 Å². The second kappa shape index (κ2) is 6.42. The smallest absolute Gasteiger partial charge is 0.416 e. The van der Waals surface area contributed by atoms with Gasteiger partial charge in [-0.05, 0) is 12.5 Å². The van der Waals surface area contributed by atoms with Crippen molar-refractivity contribution in [2.75, 3.05) is 0 Å². The molecule has 2 heterocycles. The van der Waals surface area contributed by atoms with Crippen LogP contribution in [0, 0.1) is 5.92 Å². The summed E-state index contributed by atoms with van der Waals surface area (Å²) in [6.07, 6.45) is -4.71. The van der Waals surface area contributed by atoms with Gasteiger partial charge < -0.3 is 4.42 Å². The highest BCUT2D eigenvalue weighted by atomic mass is 19.4. The first-order valence-electron chi connectivity index (χ1n) is 7.05. The molecule has 2 aromatic heterocycles. The second-order valence-electron chi connectivity index (χ2n) is 5.28. The number of hydrogen-bond donors (Lipinski definition) is 0. The van der Waals surface area contributed by atoms with Crippen molar-refractivity contribution in [3.05, 3.63) is 42.2 Å². The van der Waals surface area contributed by atoms with Crippen LogP contribution in [0.5, 0.6) is 0 Å². The molecule has 26 heavy (non-hydrogen) atoms. The Balaban J connectivity index is 1.88. The van der Waals surface area contributed by atoms with E-state index in [0.717, 1.165) is 17.4 Å². The quantitative estimate of drug-likeness (QED) is 0.762. The average Bonchev–Trinajstić information content (AvgIpc) is 3.22. The molecule has 0 spiro atoms. The molecule has 6 nitrogen and oxygen atoms in total. The molecule has 1 atom stereocenters. The van der Waals surface area contributed by atoms with Gasteiger partial charge in [0.15, 0.2) is 5.82 Å². The summed E-state index contributed by atoms with van der Waals surface area (Å²) in [5, 5.41) is 10.9. The monoisotopic (exact) mass is 377 g/mol. The summed E-state index contributed by atoms with van der Waals surface area (Å²) in [5.41, 5.74) is -1.63. The lowest BCUT2D eigenvalue weighted by Crippen LogP contribution is -2.26. The van der Waals surface area contributed by atoms with Gasteiger partial charge in [-0.25, -0.2) is 9.67 Å². The van der Waals surface area contributed by atoms with Crippen LogP contribution in [-0.4, -0.2) is 37.3 Å². The van der Waals surface area contributed by atoms with Gasteiger partial charge in [0, 0.05) is 17.8 Å². The van der Waals surface area contributed by atoms with Gasteiger partial charge in [-0.2, -0.15) is 26.3 Å². The first kappa shape index (κ1) is 17.9. The lowest BCUT2D eigenvalue weighted by Gasteiger charge is -2.23. The van der Waals surface area contributed by atoms with Crippen LogP contribution in [0.4, 0.5) is 26.3 Å². The summed E-state index contributed by atoms with van der Waals surface area (Å²) in [4.78, 5) is 3.78. The molecule has 1 aliphatic carbocycles. The van der Waals surface area contributed by atoms with Gasteiger partial charge in [-0.1, -0.05) is 6.08 Å². The van der Waals surface area contributed by atoms with Gasteiger partial charge in [-0.15, -0.1) is 15.3 Å². The van der Waals surface area contributed by atoms with Crippen molar-refractivity contribution in [2.45, 2.75) is 18.8 Å². The number of hydrogen-bond acceptors (Lipinski definition) is 5.